The molecule has 8 heteroatoms. The van der Waals surface area contributed by atoms with Crippen molar-refractivity contribution in [1.29, 1.82) is 0 Å². The molecule has 0 radical (unpaired) electrons. The van der Waals surface area contributed by atoms with Crippen molar-refractivity contribution in [2.45, 2.75) is 32.9 Å². The SMILES string of the molecule is C=C(C)C(OC(=O)COc1ccc(Cl)cc1Cl)C(=O)[O-].CC(C)[NH3+]. The smallest absolute Gasteiger partial charge is 0.345 e. The van der Waals surface area contributed by atoms with E-state index in [2.05, 4.69) is 30.9 Å². The molecule has 0 saturated heterocycles. The summed E-state index contributed by atoms with van der Waals surface area (Å²) in [5.74, 6) is -2.20. The number of halogens is 2. The minimum Gasteiger partial charge on any atom is -0.546 e. The van der Waals surface area contributed by atoms with Gasteiger partial charge in [0, 0.05) is 5.02 Å². The minimum atomic E-state index is -1.55. The molecule has 0 bridgehead atoms. The Hall–Kier alpha value is -1.76. The molecule has 1 rings (SSSR count). The van der Waals surface area contributed by atoms with Gasteiger partial charge in [0.1, 0.15) is 5.75 Å². The number of ether oxygens (including phenoxy) is 2. The van der Waals surface area contributed by atoms with Crippen molar-refractivity contribution in [3.63, 3.8) is 0 Å². The van der Waals surface area contributed by atoms with Gasteiger partial charge in [-0.25, -0.2) is 4.79 Å². The van der Waals surface area contributed by atoms with Crippen LogP contribution in [0.25, 0.3) is 0 Å². The average molecular weight is 378 g/mol. The Kier molecular flexibility index (Phi) is 10.1. The highest BCUT2D eigenvalue weighted by Gasteiger charge is 2.17. The predicted octanol–water partition coefficient (Wildman–Crippen LogP) is 1.25. The number of carbonyl (C=O) groups excluding carboxylic acids is 2. The highest BCUT2D eigenvalue weighted by atomic mass is 35.5. The summed E-state index contributed by atoms with van der Waals surface area (Å²) in [6, 6.07) is 5.04. The predicted molar refractivity (Wildman–Crippen MR) is 89.7 cm³/mol. The highest BCUT2D eigenvalue weighted by molar-refractivity contribution is 6.35. The summed E-state index contributed by atoms with van der Waals surface area (Å²) in [6.07, 6.45) is -1.51. The van der Waals surface area contributed by atoms with Gasteiger partial charge >= 0.3 is 5.97 Å². The summed E-state index contributed by atoms with van der Waals surface area (Å²) < 4.78 is 9.77. The van der Waals surface area contributed by atoms with Crippen molar-refractivity contribution in [1.82, 2.24) is 0 Å². The van der Waals surface area contributed by atoms with Gasteiger partial charge in [-0.1, -0.05) is 29.8 Å². The fourth-order valence-corrected chi connectivity index (χ4v) is 1.71. The van der Waals surface area contributed by atoms with Crippen LogP contribution >= 0.6 is 23.2 Å². The number of aliphatic carboxylic acids is 1. The fraction of sp³-hybridized carbons (Fsp3) is 0.375. The monoisotopic (exact) mass is 377 g/mol. The quantitative estimate of drug-likeness (QED) is 0.593. The van der Waals surface area contributed by atoms with Crippen LogP contribution in [0.4, 0.5) is 0 Å². The zero-order valence-corrected chi connectivity index (χ0v) is 15.3. The molecule has 0 aromatic heterocycles. The topological polar surface area (TPSA) is 103 Å². The molecule has 0 saturated carbocycles. The summed E-state index contributed by atoms with van der Waals surface area (Å²) in [5.41, 5.74) is 3.78. The Balaban J connectivity index is 0.00000118. The zero-order valence-electron chi connectivity index (χ0n) is 13.8. The average Bonchev–Trinajstić information content (AvgIpc) is 2.42. The lowest BCUT2D eigenvalue weighted by molar-refractivity contribution is -0.407. The maximum atomic E-state index is 11.5. The van der Waals surface area contributed by atoms with E-state index in [0.717, 1.165) is 0 Å². The van der Waals surface area contributed by atoms with Crippen molar-refractivity contribution < 1.29 is 29.9 Å². The van der Waals surface area contributed by atoms with Crippen molar-refractivity contribution in [3.8, 4) is 5.75 Å². The molecule has 0 aliphatic heterocycles. The summed E-state index contributed by atoms with van der Waals surface area (Å²) >= 11 is 11.5. The van der Waals surface area contributed by atoms with Crippen molar-refractivity contribution in [2.24, 2.45) is 0 Å². The number of hydrogen-bond acceptors (Lipinski definition) is 5. The standard InChI is InChI=1S/C13H12Cl2O5.C3H9N/c1-7(2)12(13(17)18)20-11(16)6-19-10-4-3-8(14)5-9(10)15;1-3(2)4/h3-5,12H,1,6H2,2H3,(H,17,18);3H,4H2,1-2H3. The second-order valence-electron chi connectivity index (χ2n) is 5.29. The molecule has 1 unspecified atom stereocenters. The van der Waals surface area contributed by atoms with E-state index >= 15 is 0 Å². The van der Waals surface area contributed by atoms with Crippen molar-refractivity contribution in [2.75, 3.05) is 6.61 Å². The molecule has 1 aromatic carbocycles. The Labute approximate surface area is 151 Å². The van der Waals surface area contributed by atoms with Gasteiger partial charge in [-0.3, -0.25) is 0 Å². The van der Waals surface area contributed by atoms with Crippen LogP contribution in [-0.4, -0.2) is 30.7 Å². The van der Waals surface area contributed by atoms with Crippen LogP contribution in [0.2, 0.25) is 10.0 Å². The van der Waals surface area contributed by atoms with Gasteiger partial charge in [-0.05, 0) is 44.5 Å². The summed E-state index contributed by atoms with van der Waals surface area (Å²) in [6.45, 7) is 8.41. The Morgan fingerprint density at radius 2 is 1.88 bits per heavy atom. The summed E-state index contributed by atoms with van der Waals surface area (Å²) in [5, 5.41) is 11.4. The van der Waals surface area contributed by atoms with E-state index in [4.69, 9.17) is 27.9 Å². The molecule has 0 aliphatic rings. The van der Waals surface area contributed by atoms with Gasteiger partial charge in [0.2, 0.25) is 0 Å². The van der Waals surface area contributed by atoms with Crippen LogP contribution in [-0.2, 0) is 14.3 Å². The lowest BCUT2D eigenvalue weighted by Crippen LogP contribution is -2.57. The third-order valence-corrected chi connectivity index (χ3v) is 2.68. The molecule has 24 heavy (non-hydrogen) atoms. The third-order valence-electron chi connectivity index (χ3n) is 2.15. The molecule has 134 valence electrons. The molecule has 0 amide bonds. The second kappa shape index (κ2) is 10.9. The molecule has 0 aliphatic carbocycles. The maximum absolute atomic E-state index is 11.5. The number of carbonyl (C=O) groups is 2. The maximum Gasteiger partial charge on any atom is 0.345 e. The molecule has 0 heterocycles. The van der Waals surface area contributed by atoms with Crippen LogP contribution < -0.4 is 15.6 Å². The van der Waals surface area contributed by atoms with Gasteiger partial charge in [-0.15, -0.1) is 0 Å². The van der Waals surface area contributed by atoms with Gasteiger partial charge in [0.15, 0.2) is 12.7 Å². The first-order valence-corrected chi connectivity index (χ1v) is 7.76. The van der Waals surface area contributed by atoms with Crippen LogP contribution in [0.3, 0.4) is 0 Å². The lowest BCUT2D eigenvalue weighted by Gasteiger charge is -2.18. The summed E-state index contributed by atoms with van der Waals surface area (Å²) in [4.78, 5) is 22.2. The third kappa shape index (κ3) is 9.39. The molecule has 0 fully saturated rings. The van der Waals surface area contributed by atoms with E-state index in [0.29, 0.717) is 11.1 Å². The highest BCUT2D eigenvalue weighted by Crippen LogP contribution is 2.27. The lowest BCUT2D eigenvalue weighted by atomic mass is 10.2. The molecular formula is C16H21Cl2NO5. The van der Waals surface area contributed by atoms with E-state index in [9.17, 15) is 14.7 Å². The van der Waals surface area contributed by atoms with E-state index < -0.39 is 24.6 Å². The first-order valence-electron chi connectivity index (χ1n) is 7.01. The van der Waals surface area contributed by atoms with Crippen molar-refractivity contribution in [3.05, 3.63) is 40.4 Å². The molecule has 1 atom stereocenters. The number of rotatable bonds is 6. The first-order chi connectivity index (χ1) is 11.0. The number of quaternary nitrogens is 1. The van der Waals surface area contributed by atoms with Gasteiger partial charge in [0.05, 0.1) is 17.0 Å². The Bertz CT molecular complexity index is 573. The van der Waals surface area contributed by atoms with E-state index in [1.807, 2.05) is 0 Å². The zero-order chi connectivity index (χ0) is 18.9. The second-order valence-corrected chi connectivity index (χ2v) is 6.14. The molecule has 6 nitrogen and oxygen atoms in total. The summed E-state index contributed by atoms with van der Waals surface area (Å²) in [7, 11) is 0. The van der Waals surface area contributed by atoms with Crippen LogP contribution in [0.5, 0.6) is 5.75 Å². The number of carboxylic acid groups (broad SMARTS) is 1. The van der Waals surface area contributed by atoms with Crippen LogP contribution in [0.15, 0.2) is 30.4 Å². The van der Waals surface area contributed by atoms with E-state index in [-0.39, 0.29) is 16.3 Å². The van der Waals surface area contributed by atoms with Crippen molar-refractivity contribution >= 4 is 35.1 Å². The number of benzene rings is 1. The molecule has 3 N–H and O–H groups in total. The molecule has 1 aromatic rings. The van der Waals surface area contributed by atoms with Crippen LogP contribution in [0, 0.1) is 0 Å². The fourth-order valence-electron chi connectivity index (χ4n) is 1.24. The first kappa shape index (κ1) is 22.2. The molecular weight excluding hydrogens is 357 g/mol. The number of carboxylic acids is 1. The normalized spacial score (nSPS) is 11.1. The number of hydrogen-bond donors (Lipinski definition) is 1. The van der Waals surface area contributed by atoms with E-state index in [1.54, 1.807) is 0 Å². The van der Waals surface area contributed by atoms with Crippen LogP contribution in [0.1, 0.15) is 20.8 Å². The number of esters is 1. The van der Waals surface area contributed by atoms with Gasteiger partial charge in [-0.2, -0.15) is 0 Å². The Morgan fingerprint density at radius 1 is 1.33 bits per heavy atom. The van der Waals surface area contributed by atoms with Gasteiger partial charge in [0.25, 0.3) is 0 Å². The Morgan fingerprint density at radius 3 is 2.29 bits per heavy atom. The largest absolute Gasteiger partial charge is 0.546 e. The van der Waals surface area contributed by atoms with E-state index in [1.165, 1.54) is 25.1 Å². The van der Waals surface area contributed by atoms with Gasteiger partial charge < -0.3 is 25.1 Å². The molecule has 0 spiro atoms. The minimum absolute atomic E-state index is 0.142.